The molecule has 1 atom stereocenters. The molecule has 150 valence electrons. The molecular weight excluding hydrogens is 386 g/mol. The first kappa shape index (κ1) is 19.6. The highest BCUT2D eigenvalue weighted by Gasteiger charge is 2.31. The van der Waals surface area contributed by atoms with E-state index < -0.39 is 0 Å². The van der Waals surface area contributed by atoms with Gasteiger partial charge in [-0.05, 0) is 32.4 Å². The number of aromatic nitrogens is 4. The number of carbonyl (C=O) groups excluding carboxylic acids is 1. The molecule has 3 aromatic rings. The van der Waals surface area contributed by atoms with Gasteiger partial charge in [0.05, 0.1) is 11.4 Å². The third-order valence-electron chi connectivity index (χ3n) is 5.44. The van der Waals surface area contributed by atoms with Crippen LogP contribution in [0.3, 0.4) is 0 Å². The molecule has 0 saturated carbocycles. The van der Waals surface area contributed by atoms with Gasteiger partial charge in [-0.1, -0.05) is 30.7 Å². The number of halogens is 1. The van der Waals surface area contributed by atoms with Crippen LogP contribution in [0.2, 0.25) is 5.02 Å². The van der Waals surface area contributed by atoms with Crippen molar-refractivity contribution in [2.24, 2.45) is 12.0 Å². The number of ketones is 1. The largest absolute Gasteiger partial charge is 0.352 e. The lowest BCUT2D eigenvalue weighted by molar-refractivity contribution is -0.119. The Morgan fingerprint density at radius 3 is 2.59 bits per heavy atom. The van der Waals surface area contributed by atoms with Crippen molar-refractivity contribution >= 4 is 23.1 Å². The van der Waals surface area contributed by atoms with E-state index in [1.165, 1.54) is 0 Å². The van der Waals surface area contributed by atoms with E-state index in [0.717, 1.165) is 40.5 Å². The highest BCUT2D eigenvalue weighted by molar-refractivity contribution is 6.30. The number of hydrogen-bond donors (Lipinski definition) is 0. The van der Waals surface area contributed by atoms with Crippen LogP contribution in [0.5, 0.6) is 0 Å². The molecule has 0 fully saturated rings. The third-order valence-corrected chi connectivity index (χ3v) is 5.69. The number of fused-ring (bicyclic) bond motifs is 3. The molecule has 0 unspecified atom stereocenters. The van der Waals surface area contributed by atoms with E-state index in [1.807, 2.05) is 49.7 Å². The molecule has 29 heavy (non-hydrogen) atoms. The number of aliphatic imine (C=N–C) groups is 1. The van der Waals surface area contributed by atoms with Gasteiger partial charge in [-0.25, -0.2) is 0 Å². The highest BCUT2D eigenvalue weighted by Crippen LogP contribution is 2.35. The number of hydrogen-bond acceptors (Lipinski definition) is 4. The fourth-order valence-electron chi connectivity index (χ4n) is 3.90. The number of nitrogens with zero attached hydrogens (tertiary/aromatic N) is 5. The molecule has 4 rings (SSSR count). The van der Waals surface area contributed by atoms with Crippen LogP contribution < -0.4 is 0 Å². The first-order valence-corrected chi connectivity index (χ1v) is 10.2. The van der Waals surface area contributed by atoms with Gasteiger partial charge in [0.25, 0.3) is 0 Å². The van der Waals surface area contributed by atoms with Gasteiger partial charge in [-0.3, -0.25) is 14.4 Å². The Morgan fingerprint density at radius 1 is 1.17 bits per heavy atom. The molecule has 7 heteroatoms. The Hall–Kier alpha value is -2.73. The predicted molar refractivity (Wildman–Crippen MR) is 114 cm³/mol. The van der Waals surface area contributed by atoms with E-state index in [4.69, 9.17) is 16.6 Å². The quantitative estimate of drug-likeness (QED) is 0.621. The highest BCUT2D eigenvalue weighted by atomic mass is 35.5. The van der Waals surface area contributed by atoms with Crippen LogP contribution in [0.1, 0.15) is 60.7 Å². The van der Waals surface area contributed by atoms with Gasteiger partial charge in [0, 0.05) is 47.9 Å². The lowest BCUT2D eigenvalue weighted by Gasteiger charge is -2.12. The summed E-state index contributed by atoms with van der Waals surface area (Å²) in [6.45, 7) is 6.02. The average Bonchev–Trinajstić information content (AvgIpc) is 3.15. The monoisotopic (exact) mass is 409 g/mol. The number of carbonyl (C=O) groups is 1. The first-order chi connectivity index (χ1) is 13.9. The minimum Gasteiger partial charge on any atom is -0.352 e. The lowest BCUT2D eigenvalue weighted by Crippen LogP contribution is -2.11. The summed E-state index contributed by atoms with van der Waals surface area (Å²) >= 11 is 6.12. The van der Waals surface area contributed by atoms with Crippen molar-refractivity contribution < 1.29 is 4.79 Å². The Balaban J connectivity index is 1.96. The molecule has 0 spiro atoms. The van der Waals surface area contributed by atoms with Crippen molar-refractivity contribution in [2.75, 3.05) is 0 Å². The molecule has 0 saturated heterocycles. The zero-order valence-corrected chi connectivity index (χ0v) is 17.9. The Labute approximate surface area is 175 Å². The predicted octanol–water partition coefficient (Wildman–Crippen LogP) is 4.53. The summed E-state index contributed by atoms with van der Waals surface area (Å²) in [7, 11) is 2.02. The van der Waals surface area contributed by atoms with Crippen LogP contribution in [-0.2, 0) is 11.8 Å². The van der Waals surface area contributed by atoms with Crippen LogP contribution in [-0.4, -0.2) is 30.8 Å². The molecule has 0 radical (unpaired) electrons. The van der Waals surface area contributed by atoms with E-state index in [-0.39, 0.29) is 11.8 Å². The molecule has 2 aromatic heterocycles. The maximum absolute atomic E-state index is 12.5. The van der Waals surface area contributed by atoms with Crippen LogP contribution in [0.4, 0.5) is 0 Å². The second-order valence-corrected chi connectivity index (χ2v) is 7.96. The number of Topliss-reactive ketones (excluding diaryl/α,β-unsaturated/α-hetero) is 1. The van der Waals surface area contributed by atoms with Gasteiger partial charge < -0.3 is 4.57 Å². The van der Waals surface area contributed by atoms with E-state index in [2.05, 4.69) is 27.9 Å². The van der Waals surface area contributed by atoms with E-state index in [1.54, 1.807) is 0 Å². The van der Waals surface area contributed by atoms with Crippen molar-refractivity contribution in [1.29, 1.82) is 0 Å². The van der Waals surface area contributed by atoms with E-state index in [0.29, 0.717) is 23.7 Å². The summed E-state index contributed by atoms with van der Waals surface area (Å²) in [5.41, 5.74) is 4.93. The summed E-state index contributed by atoms with van der Waals surface area (Å²) in [5.74, 6) is 1.68. The molecule has 1 aliphatic rings. The van der Waals surface area contributed by atoms with Crippen molar-refractivity contribution in [2.45, 2.75) is 46.1 Å². The SMILES string of the molecule is CCCC(=O)C[C@@H]1N=C(c2ccc(Cl)cc2)c2c(cn(C)c2C)-n2c(C)nnc21. The average molecular weight is 410 g/mol. The van der Waals surface area contributed by atoms with Gasteiger partial charge in [0.2, 0.25) is 0 Å². The second-order valence-electron chi connectivity index (χ2n) is 7.52. The third kappa shape index (κ3) is 3.42. The lowest BCUT2D eigenvalue weighted by atomic mass is 10.0. The Kier molecular flexibility index (Phi) is 5.13. The van der Waals surface area contributed by atoms with Crippen molar-refractivity contribution in [3.8, 4) is 5.69 Å². The summed E-state index contributed by atoms with van der Waals surface area (Å²) in [6.07, 6.45) is 3.76. The standard InChI is InChI=1S/C22H24ClN5O/c1-5-6-17(29)11-18-22-26-25-14(3)28(22)19-12-27(4)13(2)20(19)21(24-18)15-7-9-16(23)10-8-15/h7-10,12,18H,5-6,11H2,1-4H3/t18-/m0/s1. The van der Waals surface area contributed by atoms with Crippen LogP contribution in [0.15, 0.2) is 35.5 Å². The fraction of sp³-hybridized carbons (Fsp3) is 0.364. The number of rotatable bonds is 5. The van der Waals surface area contributed by atoms with Crippen molar-refractivity contribution in [3.63, 3.8) is 0 Å². The maximum atomic E-state index is 12.5. The normalized spacial score (nSPS) is 15.5. The van der Waals surface area contributed by atoms with Crippen molar-refractivity contribution in [1.82, 2.24) is 19.3 Å². The van der Waals surface area contributed by atoms with Gasteiger partial charge in [0.1, 0.15) is 17.6 Å². The smallest absolute Gasteiger partial charge is 0.163 e. The molecule has 1 aliphatic heterocycles. The summed E-state index contributed by atoms with van der Waals surface area (Å²) < 4.78 is 4.13. The number of aryl methyl sites for hydroxylation is 2. The fourth-order valence-corrected chi connectivity index (χ4v) is 4.03. The summed E-state index contributed by atoms with van der Waals surface area (Å²) in [4.78, 5) is 17.6. The zero-order valence-electron chi connectivity index (χ0n) is 17.1. The molecule has 0 N–H and O–H groups in total. The molecule has 3 heterocycles. The molecule has 0 aliphatic carbocycles. The molecule has 1 aromatic carbocycles. The van der Waals surface area contributed by atoms with E-state index >= 15 is 0 Å². The van der Waals surface area contributed by atoms with Crippen molar-refractivity contribution in [3.05, 3.63) is 64.0 Å². The van der Waals surface area contributed by atoms with Crippen LogP contribution in [0.25, 0.3) is 5.69 Å². The minimum absolute atomic E-state index is 0.188. The molecule has 0 amide bonds. The molecule has 0 bridgehead atoms. The van der Waals surface area contributed by atoms with Gasteiger partial charge >= 0.3 is 0 Å². The maximum Gasteiger partial charge on any atom is 0.163 e. The second kappa shape index (κ2) is 7.59. The van der Waals surface area contributed by atoms with Gasteiger partial charge in [0.15, 0.2) is 5.82 Å². The Bertz CT molecular complexity index is 1110. The van der Waals surface area contributed by atoms with Crippen LogP contribution in [0, 0.1) is 13.8 Å². The summed E-state index contributed by atoms with van der Waals surface area (Å²) in [5, 5.41) is 9.39. The first-order valence-electron chi connectivity index (χ1n) is 9.84. The topological polar surface area (TPSA) is 65.1 Å². The van der Waals surface area contributed by atoms with Gasteiger partial charge in [-0.2, -0.15) is 0 Å². The summed E-state index contributed by atoms with van der Waals surface area (Å²) in [6, 6.07) is 7.30. The molecule has 6 nitrogen and oxygen atoms in total. The zero-order chi connectivity index (χ0) is 20.7. The number of benzene rings is 1. The molecular formula is C22H24ClN5O. The van der Waals surface area contributed by atoms with Crippen LogP contribution >= 0.6 is 11.6 Å². The Morgan fingerprint density at radius 2 is 1.90 bits per heavy atom. The van der Waals surface area contributed by atoms with Gasteiger partial charge in [-0.15, -0.1) is 10.2 Å². The minimum atomic E-state index is -0.377. The van der Waals surface area contributed by atoms with E-state index in [9.17, 15) is 4.79 Å².